The predicted octanol–water partition coefficient (Wildman–Crippen LogP) is 12.6. The van der Waals surface area contributed by atoms with Gasteiger partial charge in [0.05, 0.1) is 22.7 Å². The first-order chi connectivity index (χ1) is 27.4. The summed E-state index contributed by atoms with van der Waals surface area (Å²) in [6.45, 7) is 4.92. The van der Waals surface area contributed by atoms with Crippen molar-refractivity contribution in [2.75, 3.05) is 0 Å². The third-order valence-electron chi connectivity index (χ3n) is 12.5. The number of benzene rings is 6. The Hall–Kier alpha value is -6.38. The Labute approximate surface area is 328 Å². The van der Waals surface area contributed by atoms with E-state index in [2.05, 4.69) is 128 Å². The molecule has 5 heteroatoms. The smallest absolute Gasteiger partial charge is 0.164 e. The third-order valence-corrected chi connectivity index (χ3v) is 12.5. The fraction of sp³-hybridized carbons (Fsp3) is 0.216. The number of fused-ring (bicyclic) bond motifs is 5. The maximum Gasteiger partial charge on any atom is 0.164 e. The number of nitrogens with zero attached hydrogens (tertiary/aromatic N) is 5. The summed E-state index contributed by atoms with van der Waals surface area (Å²) in [7, 11) is 0. The van der Waals surface area contributed by atoms with E-state index >= 15 is 0 Å². The molecule has 272 valence electrons. The lowest BCUT2D eigenvalue weighted by molar-refractivity contribution is 0.0780. The molecule has 2 saturated carbocycles. The Kier molecular flexibility index (Phi) is 8.37. The molecule has 0 saturated heterocycles. The maximum atomic E-state index is 9.42. The molecule has 0 radical (unpaired) electrons. The molecule has 5 nitrogen and oxygen atoms in total. The molecule has 2 unspecified atom stereocenters. The SMILES string of the molecule is C[C@@H]1CC2C[C@H](C)CC(c3ccc(-c4ccccc4-c4nc(-c5ccccc5)nc(-c5ccc6c(c5)c5ccccc5n6-c5ccc(C#N)cc5)n4)cc3)(C2)C1. The molecule has 6 aromatic carbocycles. The van der Waals surface area contributed by atoms with Crippen molar-refractivity contribution in [3.63, 3.8) is 0 Å². The van der Waals surface area contributed by atoms with E-state index in [0.29, 0.717) is 28.5 Å². The zero-order valence-electron chi connectivity index (χ0n) is 31.9. The Morgan fingerprint density at radius 2 is 1.16 bits per heavy atom. The van der Waals surface area contributed by atoms with Gasteiger partial charge < -0.3 is 4.57 Å². The van der Waals surface area contributed by atoms with Crippen molar-refractivity contribution in [1.29, 1.82) is 5.26 Å². The van der Waals surface area contributed by atoms with Gasteiger partial charge in [-0.2, -0.15) is 5.26 Å². The lowest BCUT2D eigenvalue weighted by atomic mass is 9.54. The molecule has 8 aromatic rings. The van der Waals surface area contributed by atoms with Gasteiger partial charge in [-0.1, -0.05) is 111 Å². The Bertz CT molecular complexity index is 2760. The van der Waals surface area contributed by atoms with Crippen LogP contribution in [0.3, 0.4) is 0 Å². The summed E-state index contributed by atoms with van der Waals surface area (Å²) in [6.07, 6.45) is 6.68. The Morgan fingerprint density at radius 3 is 1.89 bits per heavy atom. The van der Waals surface area contributed by atoms with Crippen LogP contribution >= 0.6 is 0 Å². The monoisotopic (exact) mass is 725 g/mol. The van der Waals surface area contributed by atoms with Crippen LogP contribution in [0.2, 0.25) is 0 Å². The van der Waals surface area contributed by atoms with Crippen LogP contribution in [0.25, 0.3) is 72.8 Å². The molecule has 2 bridgehead atoms. The van der Waals surface area contributed by atoms with Crippen molar-refractivity contribution >= 4 is 21.8 Å². The van der Waals surface area contributed by atoms with Crippen LogP contribution in [-0.2, 0) is 5.41 Å². The normalized spacial score (nSPS) is 20.6. The quantitative estimate of drug-likeness (QED) is 0.171. The first-order valence-corrected chi connectivity index (χ1v) is 20.0. The van der Waals surface area contributed by atoms with Crippen LogP contribution in [0.1, 0.15) is 57.1 Å². The van der Waals surface area contributed by atoms with Crippen molar-refractivity contribution in [3.05, 3.63) is 157 Å². The van der Waals surface area contributed by atoms with Crippen molar-refractivity contribution < 1.29 is 0 Å². The van der Waals surface area contributed by atoms with Crippen molar-refractivity contribution in [2.45, 2.75) is 51.4 Å². The number of rotatable bonds is 6. The lowest BCUT2D eigenvalue weighted by Crippen LogP contribution is -2.42. The maximum absolute atomic E-state index is 9.42. The number of para-hydroxylation sites is 1. The van der Waals surface area contributed by atoms with Gasteiger partial charge in [-0.05, 0) is 120 Å². The largest absolute Gasteiger partial charge is 0.309 e. The van der Waals surface area contributed by atoms with Crippen LogP contribution in [-0.4, -0.2) is 19.5 Å². The van der Waals surface area contributed by atoms with Gasteiger partial charge in [0.15, 0.2) is 17.5 Å². The highest BCUT2D eigenvalue weighted by molar-refractivity contribution is 6.10. The summed E-state index contributed by atoms with van der Waals surface area (Å²) in [5.74, 6) is 4.32. The third kappa shape index (κ3) is 5.97. The molecule has 0 spiro atoms. The van der Waals surface area contributed by atoms with Gasteiger partial charge in [0.1, 0.15) is 0 Å². The predicted molar refractivity (Wildman–Crippen MR) is 227 cm³/mol. The molecule has 2 fully saturated rings. The minimum absolute atomic E-state index is 0.293. The van der Waals surface area contributed by atoms with Gasteiger partial charge in [-0.15, -0.1) is 0 Å². The fourth-order valence-electron chi connectivity index (χ4n) is 10.4. The summed E-state index contributed by atoms with van der Waals surface area (Å²) >= 11 is 0. The van der Waals surface area contributed by atoms with E-state index in [1.165, 1.54) is 43.2 Å². The summed E-state index contributed by atoms with van der Waals surface area (Å²) < 4.78 is 2.26. The molecule has 2 heterocycles. The van der Waals surface area contributed by atoms with Crippen molar-refractivity contribution in [1.82, 2.24) is 19.5 Å². The molecule has 10 rings (SSSR count). The van der Waals surface area contributed by atoms with E-state index < -0.39 is 0 Å². The summed E-state index contributed by atoms with van der Waals surface area (Å²) in [6, 6.07) is 53.1. The van der Waals surface area contributed by atoms with E-state index in [0.717, 1.165) is 67.5 Å². The fourth-order valence-corrected chi connectivity index (χ4v) is 10.4. The molecule has 0 aliphatic heterocycles. The van der Waals surface area contributed by atoms with Crippen LogP contribution < -0.4 is 0 Å². The van der Waals surface area contributed by atoms with E-state index in [9.17, 15) is 5.26 Å². The highest BCUT2D eigenvalue weighted by atomic mass is 15.0. The summed E-state index contributed by atoms with van der Waals surface area (Å²) in [4.78, 5) is 15.5. The number of aromatic nitrogens is 4. The number of nitriles is 1. The zero-order valence-corrected chi connectivity index (χ0v) is 31.9. The molecule has 2 aromatic heterocycles. The molecule has 0 N–H and O–H groups in total. The van der Waals surface area contributed by atoms with E-state index in [1.54, 1.807) is 0 Å². The van der Waals surface area contributed by atoms with Gasteiger partial charge in [0.25, 0.3) is 0 Å². The van der Waals surface area contributed by atoms with Crippen molar-refractivity contribution in [2.24, 2.45) is 17.8 Å². The van der Waals surface area contributed by atoms with Gasteiger partial charge in [-0.25, -0.2) is 15.0 Å². The minimum atomic E-state index is 0.293. The molecular weight excluding hydrogens is 683 g/mol. The molecule has 2 aliphatic carbocycles. The van der Waals surface area contributed by atoms with Gasteiger partial charge in [-0.3, -0.25) is 0 Å². The van der Waals surface area contributed by atoms with E-state index in [4.69, 9.17) is 15.0 Å². The minimum Gasteiger partial charge on any atom is -0.309 e. The average molecular weight is 726 g/mol. The molecular formula is C51H43N5. The zero-order chi connectivity index (χ0) is 37.8. The Morgan fingerprint density at radius 1 is 0.554 bits per heavy atom. The average Bonchev–Trinajstić information content (AvgIpc) is 3.57. The highest BCUT2D eigenvalue weighted by Crippen LogP contribution is 2.54. The number of hydrogen-bond acceptors (Lipinski definition) is 4. The van der Waals surface area contributed by atoms with Gasteiger partial charge in [0.2, 0.25) is 0 Å². The lowest BCUT2D eigenvalue weighted by Gasteiger charge is -2.50. The van der Waals surface area contributed by atoms with Crippen LogP contribution in [0.5, 0.6) is 0 Å². The van der Waals surface area contributed by atoms with Crippen LogP contribution in [0, 0.1) is 29.1 Å². The summed E-state index contributed by atoms with van der Waals surface area (Å²) in [5.41, 5.74) is 10.7. The number of hydrogen-bond donors (Lipinski definition) is 0. The van der Waals surface area contributed by atoms with Crippen molar-refractivity contribution in [3.8, 4) is 57.0 Å². The van der Waals surface area contributed by atoms with E-state index in [1.807, 2.05) is 42.5 Å². The van der Waals surface area contributed by atoms with Crippen LogP contribution in [0.4, 0.5) is 0 Å². The second-order valence-corrected chi connectivity index (χ2v) is 16.5. The molecule has 56 heavy (non-hydrogen) atoms. The standard InChI is InChI=1S/C51H43N5/c1-33-26-36-27-34(2)30-51(29-33,31-36)40-21-18-37(19-22-40)42-12-6-7-14-44(42)50-54-48(38-10-4-3-5-11-38)53-49(55-50)39-20-25-47-45(28-39)43-13-8-9-15-46(43)56(47)41-23-16-35(32-52)17-24-41/h3-25,28,33-34,36H,26-27,29-31H2,1-2H3/t33-,34+,36?,51?. The summed E-state index contributed by atoms with van der Waals surface area (Å²) in [5, 5.41) is 11.7. The highest BCUT2D eigenvalue weighted by Gasteiger charge is 2.45. The first kappa shape index (κ1) is 34.1. The molecule has 0 amide bonds. The topological polar surface area (TPSA) is 67.4 Å². The second kappa shape index (κ2) is 13.7. The first-order valence-electron chi connectivity index (χ1n) is 20.0. The Balaban J connectivity index is 1.09. The molecule has 4 atom stereocenters. The van der Waals surface area contributed by atoms with E-state index in [-0.39, 0.29) is 0 Å². The van der Waals surface area contributed by atoms with Gasteiger partial charge in [0, 0.05) is 33.2 Å². The van der Waals surface area contributed by atoms with Gasteiger partial charge >= 0.3 is 0 Å². The molecule has 2 aliphatic rings. The second-order valence-electron chi connectivity index (χ2n) is 16.5. The van der Waals surface area contributed by atoms with Crippen LogP contribution in [0.15, 0.2) is 146 Å².